The molecule has 1 aromatic rings. The molecule has 0 aliphatic carbocycles. The van der Waals surface area contributed by atoms with E-state index in [1.54, 1.807) is 11.8 Å². The molecule has 0 spiro atoms. The van der Waals surface area contributed by atoms with Crippen molar-refractivity contribution in [3.05, 3.63) is 17.0 Å². The fourth-order valence-electron chi connectivity index (χ4n) is 2.42. The summed E-state index contributed by atoms with van der Waals surface area (Å²) in [5.41, 5.74) is 2.45. The van der Waals surface area contributed by atoms with Gasteiger partial charge in [0, 0.05) is 26.3 Å². The van der Waals surface area contributed by atoms with Gasteiger partial charge in [-0.2, -0.15) is 10.4 Å². The van der Waals surface area contributed by atoms with Crippen LogP contribution in [0, 0.1) is 11.3 Å². The van der Waals surface area contributed by atoms with E-state index in [9.17, 15) is 4.79 Å². The van der Waals surface area contributed by atoms with Crippen LogP contribution in [0.4, 0.5) is 0 Å². The Balaban J connectivity index is 2.19. The van der Waals surface area contributed by atoms with Crippen molar-refractivity contribution in [3.63, 3.8) is 0 Å². The summed E-state index contributed by atoms with van der Waals surface area (Å²) in [4.78, 5) is 13.9. The number of hydrogen-bond acceptors (Lipinski definition) is 4. The van der Waals surface area contributed by atoms with Gasteiger partial charge in [0.05, 0.1) is 25.3 Å². The van der Waals surface area contributed by atoms with Crippen molar-refractivity contribution in [1.29, 1.82) is 5.26 Å². The van der Waals surface area contributed by atoms with Crippen LogP contribution >= 0.6 is 0 Å². The highest BCUT2D eigenvalue weighted by Crippen LogP contribution is 2.21. The summed E-state index contributed by atoms with van der Waals surface area (Å²) >= 11 is 0. The van der Waals surface area contributed by atoms with Crippen molar-refractivity contribution in [2.45, 2.75) is 25.8 Å². The number of fused-ring (bicyclic) bond motifs is 1. The summed E-state index contributed by atoms with van der Waals surface area (Å²) in [6.07, 6.45) is 2.07. The van der Waals surface area contributed by atoms with Crippen molar-refractivity contribution in [3.8, 4) is 6.07 Å². The second-order valence-corrected chi connectivity index (χ2v) is 4.67. The van der Waals surface area contributed by atoms with Gasteiger partial charge in [-0.15, -0.1) is 0 Å². The number of aryl methyl sites for hydroxylation is 1. The summed E-state index contributed by atoms with van der Waals surface area (Å²) in [5, 5.41) is 13.3. The average molecular weight is 262 g/mol. The van der Waals surface area contributed by atoms with Crippen molar-refractivity contribution < 1.29 is 9.53 Å². The minimum atomic E-state index is 0.0920. The summed E-state index contributed by atoms with van der Waals surface area (Å²) in [6.45, 7) is 1.70. The van der Waals surface area contributed by atoms with Gasteiger partial charge in [0.2, 0.25) is 5.91 Å². The zero-order valence-electron chi connectivity index (χ0n) is 11.3. The van der Waals surface area contributed by atoms with Gasteiger partial charge >= 0.3 is 0 Å². The zero-order chi connectivity index (χ0) is 13.8. The fraction of sp³-hybridized carbons (Fsp3) is 0.615. The largest absolute Gasteiger partial charge is 0.384 e. The Morgan fingerprint density at radius 3 is 3.05 bits per heavy atom. The Labute approximate surface area is 112 Å². The first kappa shape index (κ1) is 13.6. The van der Waals surface area contributed by atoms with E-state index < -0.39 is 0 Å². The molecule has 102 valence electrons. The van der Waals surface area contributed by atoms with Crippen molar-refractivity contribution in [2.24, 2.45) is 7.05 Å². The van der Waals surface area contributed by atoms with Crippen molar-refractivity contribution in [2.75, 3.05) is 20.3 Å². The molecule has 0 bridgehead atoms. The third-order valence-electron chi connectivity index (χ3n) is 3.45. The lowest BCUT2D eigenvalue weighted by atomic mass is 10.1. The molecule has 0 saturated heterocycles. The first-order valence-electron chi connectivity index (χ1n) is 6.39. The van der Waals surface area contributed by atoms with E-state index >= 15 is 0 Å². The highest BCUT2D eigenvalue weighted by molar-refractivity contribution is 5.76. The molecule has 6 heteroatoms. The third-order valence-corrected chi connectivity index (χ3v) is 3.45. The van der Waals surface area contributed by atoms with Crippen molar-refractivity contribution in [1.82, 2.24) is 14.7 Å². The van der Waals surface area contributed by atoms with Crippen LogP contribution in [0.15, 0.2) is 0 Å². The van der Waals surface area contributed by atoms with Gasteiger partial charge in [-0.05, 0) is 12.8 Å². The standard InChI is InChI=1S/C13H18N4O2/c1-16-12-9-17(13(18)5-7-19-2)6-3-4-10(12)11(8-14)15-16/h3-7,9H2,1-2H3. The Bertz CT molecular complexity index is 515. The first-order valence-corrected chi connectivity index (χ1v) is 6.39. The molecule has 1 aliphatic rings. The molecule has 2 rings (SSSR count). The van der Waals surface area contributed by atoms with Crippen LogP contribution in [-0.4, -0.2) is 40.8 Å². The van der Waals surface area contributed by atoms with E-state index in [1.807, 2.05) is 11.9 Å². The Morgan fingerprint density at radius 2 is 2.37 bits per heavy atom. The Morgan fingerprint density at radius 1 is 1.58 bits per heavy atom. The number of carbonyl (C=O) groups is 1. The monoisotopic (exact) mass is 262 g/mol. The van der Waals surface area contributed by atoms with Gasteiger partial charge in [-0.25, -0.2) is 0 Å². The second-order valence-electron chi connectivity index (χ2n) is 4.67. The molecule has 1 aromatic heterocycles. The zero-order valence-corrected chi connectivity index (χ0v) is 11.3. The number of nitriles is 1. The number of aromatic nitrogens is 2. The minimum Gasteiger partial charge on any atom is -0.384 e. The number of hydrogen-bond donors (Lipinski definition) is 0. The van der Waals surface area contributed by atoms with Crippen LogP contribution in [0.2, 0.25) is 0 Å². The predicted molar refractivity (Wildman–Crippen MR) is 68.2 cm³/mol. The molecule has 1 amide bonds. The maximum Gasteiger partial charge on any atom is 0.225 e. The number of ether oxygens (including phenoxy) is 1. The molecule has 0 saturated carbocycles. The highest BCUT2D eigenvalue weighted by Gasteiger charge is 2.24. The fourth-order valence-corrected chi connectivity index (χ4v) is 2.42. The molecule has 6 nitrogen and oxygen atoms in total. The molecule has 2 heterocycles. The summed E-state index contributed by atoms with van der Waals surface area (Å²) < 4.78 is 6.66. The molecule has 0 atom stereocenters. The van der Waals surface area contributed by atoms with Crippen LogP contribution in [0.1, 0.15) is 29.8 Å². The first-order chi connectivity index (χ1) is 9.17. The predicted octanol–water partition coefficient (Wildman–Crippen LogP) is 0.603. The molecule has 0 unspecified atom stereocenters. The number of rotatable bonds is 3. The number of carbonyl (C=O) groups excluding carboxylic acids is 1. The normalized spacial score (nSPS) is 14.7. The lowest BCUT2D eigenvalue weighted by Gasteiger charge is -2.20. The molecular weight excluding hydrogens is 244 g/mol. The molecule has 0 radical (unpaired) electrons. The molecule has 0 N–H and O–H groups in total. The SMILES string of the molecule is COCCC(=O)N1CCCc2c(C#N)nn(C)c2C1. The van der Waals surface area contributed by atoms with E-state index in [-0.39, 0.29) is 5.91 Å². The smallest absolute Gasteiger partial charge is 0.225 e. The maximum atomic E-state index is 12.1. The molecule has 0 fully saturated rings. The molecule has 0 aromatic carbocycles. The van der Waals surface area contributed by atoms with Crippen LogP contribution in [0.25, 0.3) is 0 Å². The Kier molecular flexibility index (Phi) is 4.17. The second kappa shape index (κ2) is 5.85. The van der Waals surface area contributed by atoms with E-state index in [1.165, 1.54) is 0 Å². The van der Waals surface area contributed by atoms with Gasteiger partial charge < -0.3 is 9.64 Å². The van der Waals surface area contributed by atoms with Crippen LogP contribution < -0.4 is 0 Å². The van der Waals surface area contributed by atoms with Gasteiger partial charge in [0.1, 0.15) is 6.07 Å². The van der Waals surface area contributed by atoms with E-state index in [0.29, 0.717) is 25.3 Å². The highest BCUT2D eigenvalue weighted by atomic mass is 16.5. The van der Waals surface area contributed by atoms with Crippen LogP contribution in [-0.2, 0) is 29.5 Å². The summed E-state index contributed by atoms with van der Waals surface area (Å²) in [6, 6.07) is 2.13. The van der Waals surface area contributed by atoms with Gasteiger partial charge in [0.25, 0.3) is 0 Å². The quantitative estimate of drug-likeness (QED) is 0.800. The molecule has 1 aliphatic heterocycles. The lowest BCUT2D eigenvalue weighted by molar-refractivity contribution is -0.132. The third kappa shape index (κ3) is 2.76. The van der Waals surface area contributed by atoms with Gasteiger partial charge in [0.15, 0.2) is 5.69 Å². The van der Waals surface area contributed by atoms with Gasteiger partial charge in [-0.1, -0.05) is 0 Å². The summed E-state index contributed by atoms with van der Waals surface area (Å²) in [7, 11) is 3.41. The minimum absolute atomic E-state index is 0.0920. The number of methoxy groups -OCH3 is 1. The van der Waals surface area contributed by atoms with E-state index in [2.05, 4.69) is 11.2 Å². The number of nitrogens with zero attached hydrogens (tertiary/aromatic N) is 4. The van der Waals surface area contributed by atoms with E-state index in [0.717, 1.165) is 30.6 Å². The Hall–Kier alpha value is -1.87. The lowest BCUT2D eigenvalue weighted by Crippen LogP contribution is -2.32. The van der Waals surface area contributed by atoms with Crippen LogP contribution in [0.3, 0.4) is 0 Å². The van der Waals surface area contributed by atoms with Crippen molar-refractivity contribution >= 4 is 5.91 Å². The van der Waals surface area contributed by atoms with Gasteiger partial charge in [-0.3, -0.25) is 9.48 Å². The average Bonchev–Trinajstić information content (AvgIpc) is 2.61. The van der Waals surface area contributed by atoms with Crippen LogP contribution in [0.5, 0.6) is 0 Å². The van der Waals surface area contributed by atoms with E-state index in [4.69, 9.17) is 10.00 Å². The molecular formula is C13H18N4O2. The maximum absolute atomic E-state index is 12.1. The molecule has 19 heavy (non-hydrogen) atoms. The summed E-state index contributed by atoms with van der Waals surface area (Å²) in [5.74, 6) is 0.0920. The topological polar surface area (TPSA) is 71.2 Å². The number of amides is 1.